The van der Waals surface area contributed by atoms with Gasteiger partial charge in [0.25, 0.3) is 0 Å². The van der Waals surface area contributed by atoms with Crippen LogP contribution in [0, 0.1) is 0 Å². The number of furan rings is 2. The van der Waals surface area contributed by atoms with Crippen molar-refractivity contribution in [2.24, 2.45) is 0 Å². The van der Waals surface area contributed by atoms with Crippen LogP contribution in [0.1, 0.15) is 46.9 Å². The minimum absolute atomic E-state index is 0.195. The molecule has 0 radical (unpaired) electrons. The van der Waals surface area contributed by atoms with E-state index in [9.17, 15) is 11.0 Å². The monoisotopic (exact) mass is 1170 g/mol. The quantitative estimate of drug-likeness (QED) is 0.155. The summed E-state index contributed by atoms with van der Waals surface area (Å²) in [6.45, 7) is 4.30. The van der Waals surface area contributed by atoms with E-state index in [0.717, 1.165) is 99.2 Å². The predicted molar refractivity (Wildman–Crippen MR) is 385 cm³/mol. The molecule has 426 valence electrons. The number of para-hydroxylation sites is 2. The molecule has 2 aromatic heterocycles. The molecule has 2 nitrogen and oxygen atoms in total. The molecule has 0 spiro atoms. The van der Waals surface area contributed by atoms with Gasteiger partial charge in [-0.3, -0.25) is 0 Å². The summed E-state index contributed by atoms with van der Waals surface area (Å²) in [5.74, 6) is 0. The molecule has 1 aliphatic carbocycles. The van der Waals surface area contributed by atoms with Crippen LogP contribution >= 0.6 is 0 Å². The summed E-state index contributed by atoms with van der Waals surface area (Å²) in [5.41, 5.74) is 14.2. The van der Waals surface area contributed by atoms with E-state index in [1.807, 2.05) is 194 Å². The van der Waals surface area contributed by atoms with Crippen molar-refractivity contribution in [1.82, 2.24) is 0 Å². The summed E-state index contributed by atoms with van der Waals surface area (Å²) < 4.78 is 157. The summed E-state index contributed by atoms with van der Waals surface area (Å²) in [5, 5.41) is 7.29. The van der Waals surface area contributed by atoms with E-state index in [1.54, 1.807) is 0 Å². The second-order valence-electron chi connectivity index (χ2n) is 23.7. The first-order valence-electron chi connectivity index (χ1n) is 38.2. The van der Waals surface area contributed by atoms with Crippen LogP contribution in [-0.4, -0.2) is 0 Å². The Labute approximate surface area is 549 Å². The highest BCUT2D eigenvalue weighted by Crippen LogP contribution is 2.55. The average Bonchev–Trinajstić information content (AvgIpc) is 1.67. The predicted octanol–water partition coefficient (Wildman–Crippen LogP) is 25.2. The smallest absolute Gasteiger partial charge is 0.135 e. The number of benzene rings is 16. The Morgan fingerprint density at radius 1 is 0.242 bits per heavy atom. The van der Waals surface area contributed by atoms with E-state index in [-0.39, 0.29) is 96.8 Å². The standard InChI is InChI=1S/C47H32O.C42H26O/c1-47(2)40-19-9-7-17-37(40)46-38(18-11-20-41(46)47)45-35-15-5-3-13-33(35)44(34-14-4-6-16-36(34)45)30-24-22-29(23-25-30)31-26-27-43-39(28-31)32-12-8-10-21-42(32)48-43;1-2-12-31-28(10-1)11-9-18-33(31)42-36-16-5-3-14-34(36)41(35-15-4-6-17-37(35)42)29-22-20-27(21-23-29)30-24-25-40-38(26-30)32-13-7-8-19-39(32)43-40/h3-28H,1-2H3;1-26H/i3D,4D,5D,6D,13D,14D,15D,16D;3D,4D,5D,6D,14D,15D,16D,17D. The third kappa shape index (κ3) is 8.33. The summed E-state index contributed by atoms with van der Waals surface area (Å²) in [6, 6.07) is 64.6. The van der Waals surface area contributed by atoms with Crippen LogP contribution in [-0.2, 0) is 5.41 Å². The Morgan fingerprint density at radius 3 is 1.09 bits per heavy atom. The lowest BCUT2D eigenvalue weighted by atomic mass is 9.80. The van der Waals surface area contributed by atoms with Crippen molar-refractivity contribution in [2.75, 3.05) is 0 Å². The molecule has 2 heteroatoms. The fourth-order valence-electron chi connectivity index (χ4n) is 14.2. The highest BCUT2D eigenvalue weighted by Gasteiger charge is 2.37. The maximum atomic E-state index is 9.46. The molecule has 19 rings (SSSR count). The number of hydrogen-bond donors (Lipinski definition) is 0. The van der Waals surface area contributed by atoms with Crippen molar-refractivity contribution in [3.8, 4) is 77.9 Å². The van der Waals surface area contributed by atoms with Gasteiger partial charge in [0, 0.05) is 27.0 Å². The fourth-order valence-corrected chi connectivity index (χ4v) is 14.2. The summed E-state index contributed by atoms with van der Waals surface area (Å²) in [4.78, 5) is 0. The third-order valence-electron chi connectivity index (χ3n) is 18.5. The van der Waals surface area contributed by atoms with E-state index >= 15 is 0 Å². The molecule has 0 saturated carbocycles. The topological polar surface area (TPSA) is 26.3 Å². The average molecular weight is 1180 g/mol. The lowest BCUT2D eigenvalue weighted by Crippen LogP contribution is -2.14. The number of fused-ring (bicyclic) bond motifs is 14. The van der Waals surface area contributed by atoms with E-state index in [2.05, 4.69) is 38.1 Å². The summed E-state index contributed by atoms with van der Waals surface area (Å²) in [7, 11) is 0. The van der Waals surface area contributed by atoms with Gasteiger partial charge >= 0.3 is 0 Å². The lowest BCUT2D eigenvalue weighted by Gasteiger charge is -2.22. The van der Waals surface area contributed by atoms with Crippen molar-refractivity contribution in [2.45, 2.75) is 19.3 Å². The van der Waals surface area contributed by atoms with E-state index in [4.69, 9.17) is 19.8 Å². The minimum Gasteiger partial charge on any atom is -0.456 e. The summed E-state index contributed by atoms with van der Waals surface area (Å²) in [6.07, 6.45) is 0. The molecule has 2 heterocycles. The highest BCUT2D eigenvalue weighted by atomic mass is 16.3. The van der Waals surface area contributed by atoms with E-state index in [0.29, 0.717) is 44.5 Å². The van der Waals surface area contributed by atoms with Crippen molar-refractivity contribution in [3.05, 3.63) is 326 Å². The van der Waals surface area contributed by atoms with Crippen LogP contribution in [0.5, 0.6) is 0 Å². The van der Waals surface area contributed by atoms with E-state index < -0.39 is 48.3 Å². The second-order valence-corrected chi connectivity index (χ2v) is 23.7. The van der Waals surface area contributed by atoms with Crippen LogP contribution in [0.25, 0.3) is 176 Å². The number of hydrogen-bond acceptors (Lipinski definition) is 2. The zero-order chi connectivity index (χ0) is 74.2. The zero-order valence-corrected chi connectivity index (χ0v) is 49.1. The molecule has 1 aliphatic rings. The van der Waals surface area contributed by atoms with Crippen LogP contribution in [0.15, 0.2) is 324 Å². The maximum Gasteiger partial charge on any atom is 0.135 e. The van der Waals surface area contributed by atoms with Gasteiger partial charge in [-0.2, -0.15) is 0 Å². The van der Waals surface area contributed by atoms with Gasteiger partial charge in [0.1, 0.15) is 22.3 Å². The van der Waals surface area contributed by atoms with Crippen molar-refractivity contribution in [1.29, 1.82) is 0 Å². The molecule has 0 aliphatic heterocycles. The Hall–Kier alpha value is -11.6. The minimum atomic E-state index is -0.421. The van der Waals surface area contributed by atoms with Crippen LogP contribution < -0.4 is 0 Å². The Morgan fingerprint density at radius 2 is 0.582 bits per heavy atom. The molecule has 0 fully saturated rings. The lowest BCUT2D eigenvalue weighted by molar-refractivity contribution is 0.660. The molecule has 0 unspecified atom stereocenters. The van der Waals surface area contributed by atoms with Gasteiger partial charge < -0.3 is 8.83 Å². The molecule has 0 N–H and O–H groups in total. The van der Waals surface area contributed by atoms with Crippen molar-refractivity contribution < 1.29 is 30.8 Å². The molecule has 91 heavy (non-hydrogen) atoms. The van der Waals surface area contributed by atoms with Gasteiger partial charge in [-0.25, -0.2) is 0 Å². The van der Waals surface area contributed by atoms with Gasteiger partial charge in [-0.15, -0.1) is 0 Å². The largest absolute Gasteiger partial charge is 0.456 e. The van der Waals surface area contributed by atoms with Crippen molar-refractivity contribution in [3.63, 3.8) is 0 Å². The maximum absolute atomic E-state index is 9.46. The first-order valence-corrected chi connectivity index (χ1v) is 30.2. The molecular formula is C89H58O2. The summed E-state index contributed by atoms with van der Waals surface area (Å²) >= 11 is 0. The SMILES string of the molecule is [2H]c1c([2H])c([2H])c2c(-c3cccc4c3-c3ccccc3C4(C)C)c3c([2H])c([2H])c([2H])c([2H])c3c(-c3ccc(-c4ccc5oc6ccccc6c5c4)cc3)c2c1[2H].[2H]c1c([2H])c([2H])c2c(-c3cccc4ccccc34)c3c([2H])c([2H])c([2H])c([2H])c3c(-c3ccc(-c4ccc5oc6ccccc6c5c4)cc3)c2c1[2H]. The molecule has 0 atom stereocenters. The highest BCUT2D eigenvalue weighted by molar-refractivity contribution is 6.25. The molecule has 18 aromatic rings. The van der Waals surface area contributed by atoms with Gasteiger partial charge in [0.05, 0.1) is 21.9 Å². The van der Waals surface area contributed by atoms with Crippen LogP contribution in [0.3, 0.4) is 0 Å². The Kier molecular flexibility index (Phi) is 8.82. The number of rotatable bonds is 6. The third-order valence-corrected chi connectivity index (χ3v) is 18.5. The van der Waals surface area contributed by atoms with Crippen molar-refractivity contribution >= 4 is 97.7 Å². The first-order chi connectivity index (χ1) is 51.5. The molecule has 0 bridgehead atoms. The van der Waals surface area contributed by atoms with E-state index in [1.165, 1.54) is 0 Å². The fraction of sp³-hybridized carbons (Fsp3) is 0.0337. The zero-order valence-electron chi connectivity index (χ0n) is 65.1. The van der Waals surface area contributed by atoms with Gasteiger partial charge in [0.15, 0.2) is 0 Å². The Balaban J connectivity index is 0.000000152. The Bertz CT molecular complexity index is 6810. The van der Waals surface area contributed by atoms with Crippen LogP contribution in [0.4, 0.5) is 0 Å². The molecule has 0 saturated heterocycles. The molecule has 16 aromatic carbocycles. The molecule has 0 amide bonds. The second kappa shape index (κ2) is 20.8. The first kappa shape index (κ1) is 38.6. The molecular weight excluding hydrogens is 1100 g/mol. The normalized spacial score (nSPS) is 15.1. The van der Waals surface area contributed by atoms with Gasteiger partial charge in [-0.05, 0) is 179 Å². The van der Waals surface area contributed by atoms with Gasteiger partial charge in [-0.1, -0.05) is 293 Å². The van der Waals surface area contributed by atoms with Crippen LogP contribution in [0.2, 0.25) is 0 Å². The van der Waals surface area contributed by atoms with Gasteiger partial charge in [0.2, 0.25) is 0 Å².